The van der Waals surface area contributed by atoms with Gasteiger partial charge in [-0.3, -0.25) is 0 Å². The zero-order valence-corrected chi connectivity index (χ0v) is 9.57. The summed E-state index contributed by atoms with van der Waals surface area (Å²) in [5, 5.41) is 11.2. The van der Waals surface area contributed by atoms with Gasteiger partial charge in [-0.2, -0.15) is 0 Å². The van der Waals surface area contributed by atoms with Crippen LogP contribution < -0.4 is 5.32 Å². The van der Waals surface area contributed by atoms with Crippen molar-refractivity contribution in [1.82, 2.24) is 20.1 Å². The van der Waals surface area contributed by atoms with Crippen LogP contribution in [-0.4, -0.2) is 34.5 Å². The second-order valence-electron chi connectivity index (χ2n) is 3.32. The Kier molecular flexibility index (Phi) is 5.96. The first kappa shape index (κ1) is 12.1. The van der Waals surface area contributed by atoms with Gasteiger partial charge in [-0.05, 0) is 13.3 Å². The summed E-state index contributed by atoms with van der Waals surface area (Å²) in [5.74, 6) is 0.980. The largest absolute Gasteiger partial charge is 0.380 e. The number of nitrogens with one attached hydrogen (secondary N) is 1. The zero-order valence-electron chi connectivity index (χ0n) is 9.57. The minimum Gasteiger partial charge on any atom is -0.380 e. The fourth-order valence-electron chi connectivity index (χ4n) is 1.27. The lowest BCUT2D eigenvalue weighted by Crippen LogP contribution is -2.21. The molecule has 0 spiro atoms. The van der Waals surface area contributed by atoms with Gasteiger partial charge in [-0.25, -0.2) is 0 Å². The van der Waals surface area contributed by atoms with Crippen LogP contribution in [0.25, 0.3) is 0 Å². The van der Waals surface area contributed by atoms with E-state index in [1.54, 1.807) is 6.33 Å². The van der Waals surface area contributed by atoms with Gasteiger partial charge in [-0.1, -0.05) is 6.92 Å². The lowest BCUT2D eigenvalue weighted by atomic mass is 10.5. The Morgan fingerprint density at radius 3 is 3.00 bits per heavy atom. The average molecular weight is 212 g/mol. The maximum atomic E-state index is 5.35. The van der Waals surface area contributed by atoms with E-state index in [-0.39, 0.29) is 0 Å². The predicted molar refractivity (Wildman–Crippen MR) is 58.5 cm³/mol. The topological polar surface area (TPSA) is 52.0 Å². The Labute approximate surface area is 90.8 Å². The summed E-state index contributed by atoms with van der Waals surface area (Å²) in [6.07, 6.45) is 2.83. The SMILES string of the molecule is CCCOCCNCc1nncn1CC. The number of aromatic nitrogens is 3. The molecule has 0 aliphatic heterocycles. The van der Waals surface area contributed by atoms with E-state index in [0.717, 1.165) is 45.1 Å². The molecular formula is C10H20N4O. The highest BCUT2D eigenvalue weighted by Crippen LogP contribution is 1.93. The monoisotopic (exact) mass is 212 g/mol. The van der Waals surface area contributed by atoms with Gasteiger partial charge in [0.2, 0.25) is 0 Å². The third-order valence-corrected chi connectivity index (χ3v) is 2.09. The molecular weight excluding hydrogens is 192 g/mol. The standard InChI is InChI=1S/C10H20N4O/c1-3-6-15-7-5-11-8-10-13-12-9-14(10)4-2/h9,11H,3-8H2,1-2H3. The number of hydrogen-bond donors (Lipinski definition) is 1. The van der Waals surface area contributed by atoms with Gasteiger partial charge in [-0.15, -0.1) is 10.2 Å². The van der Waals surface area contributed by atoms with Crippen LogP contribution in [0.3, 0.4) is 0 Å². The maximum Gasteiger partial charge on any atom is 0.146 e. The van der Waals surface area contributed by atoms with Crippen LogP contribution in [-0.2, 0) is 17.8 Å². The summed E-state index contributed by atoms with van der Waals surface area (Å²) in [6.45, 7) is 8.31. The first-order valence-corrected chi connectivity index (χ1v) is 5.53. The second kappa shape index (κ2) is 7.36. The summed E-state index contributed by atoms with van der Waals surface area (Å²) in [6, 6.07) is 0. The van der Waals surface area contributed by atoms with Crippen LogP contribution in [0, 0.1) is 0 Å². The van der Waals surface area contributed by atoms with Gasteiger partial charge in [0.25, 0.3) is 0 Å². The summed E-state index contributed by atoms with van der Waals surface area (Å²) in [5.41, 5.74) is 0. The fraction of sp³-hybridized carbons (Fsp3) is 0.800. The minimum atomic E-state index is 0.753. The Morgan fingerprint density at radius 2 is 2.27 bits per heavy atom. The van der Waals surface area contributed by atoms with Crippen molar-refractivity contribution in [3.8, 4) is 0 Å². The quantitative estimate of drug-likeness (QED) is 0.648. The molecule has 0 radical (unpaired) electrons. The van der Waals surface area contributed by atoms with Crippen LogP contribution in [0.4, 0.5) is 0 Å². The van der Waals surface area contributed by atoms with E-state index in [2.05, 4.69) is 29.4 Å². The third-order valence-electron chi connectivity index (χ3n) is 2.09. The molecule has 5 nitrogen and oxygen atoms in total. The van der Waals surface area contributed by atoms with Gasteiger partial charge in [0, 0.05) is 19.7 Å². The molecule has 86 valence electrons. The molecule has 1 heterocycles. The Hall–Kier alpha value is -0.940. The Bertz CT molecular complexity index is 262. The van der Waals surface area contributed by atoms with E-state index in [1.165, 1.54) is 0 Å². The smallest absolute Gasteiger partial charge is 0.146 e. The molecule has 0 amide bonds. The maximum absolute atomic E-state index is 5.35. The second-order valence-corrected chi connectivity index (χ2v) is 3.32. The van der Waals surface area contributed by atoms with E-state index < -0.39 is 0 Å². The number of aryl methyl sites for hydroxylation is 1. The molecule has 0 unspecified atom stereocenters. The predicted octanol–water partition coefficient (Wildman–Crippen LogP) is 0.814. The van der Waals surface area contributed by atoms with Crippen LogP contribution in [0.2, 0.25) is 0 Å². The first-order valence-electron chi connectivity index (χ1n) is 5.53. The number of rotatable bonds is 8. The molecule has 1 aromatic heterocycles. The molecule has 5 heteroatoms. The van der Waals surface area contributed by atoms with Crippen LogP contribution in [0.15, 0.2) is 6.33 Å². The summed E-state index contributed by atoms with van der Waals surface area (Å²) in [7, 11) is 0. The molecule has 0 aliphatic carbocycles. The lowest BCUT2D eigenvalue weighted by Gasteiger charge is -2.05. The Morgan fingerprint density at radius 1 is 1.40 bits per heavy atom. The number of nitrogens with zero attached hydrogens (tertiary/aromatic N) is 3. The van der Waals surface area contributed by atoms with Gasteiger partial charge in [0.05, 0.1) is 13.2 Å². The van der Waals surface area contributed by atoms with E-state index in [1.807, 2.05) is 4.57 Å². The van der Waals surface area contributed by atoms with Gasteiger partial charge in [0.15, 0.2) is 0 Å². The van der Waals surface area contributed by atoms with Crippen molar-refractivity contribution in [2.45, 2.75) is 33.4 Å². The molecule has 1 N–H and O–H groups in total. The average Bonchev–Trinajstić information content (AvgIpc) is 2.70. The fourth-order valence-corrected chi connectivity index (χ4v) is 1.27. The normalized spacial score (nSPS) is 10.8. The van der Waals surface area contributed by atoms with Gasteiger partial charge < -0.3 is 14.6 Å². The van der Waals surface area contributed by atoms with E-state index in [0.29, 0.717) is 0 Å². The van der Waals surface area contributed by atoms with E-state index >= 15 is 0 Å². The molecule has 0 bridgehead atoms. The molecule has 1 aromatic rings. The van der Waals surface area contributed by atoms with Crippen LogP contribution in [0.1, 0.15) is 26.1 Å². The molecule has 15 heavy (non-hydrogen) atoms. The third kappa shape index (κ3) is 4.40. The molecule has 0 fully saturated rings. The number of ether oxygens (including phenoxy) is 1. The summed E-state index contributed by atoms with van der Waals surface area (Å²) >= 11 is 0. The lowest BCUT2D eigenvalue weighted by molar-refractivity contribution is 0.136. The molecule has 1 rings (SSSR count). The Balaban J connectivity index is 2.09. The van der Waals surface area contributed by atoms with Crippen molar-refractivity contribution in [3.05, 3.63) is 12.2 Å². The molecule has 0 aromatic carbocycles. The van der Waals surface area contributed by atoms with Crippen molar-refractivity contribution >= 4 is 0 Å². The summed E-state index contributed by atoms with van der Waals surface area (Å²) < 4.78 is 7.38. The van der Waals surface area contributed by atoms with E-state index in [4.69, 9.17) is 4.74 Å². The van der Waals surface area contributed by atoms with Crippen molar-refractivity contribution in [2.24, 2.45) is 0 Å². The van der Waals surface area contributed by atoms with Crippen molar-refractivity contribution in [3.63, 3.8) is 0 Å². The van der Waals surface area contributed by atoms with Gasteiger partial charge >= 0.3 is 0 Å². The van der Waals surface area contributed by atoms with Crippen molar-refractivity contribution in [2.75, 3.05) is 19.8 Å². The van der Waals surface area contributed by atoms with Gasteiger partial charge in [0.1, 0.15) is 12.2 Å². The van der Waals surface area contributed by atoms with E-state index in [9.17, 15) is 0 Å². The molecule has 0 saturated heterocycles. The molecule has 0 aliphatic rings. The van der Waals surface area contributed by atoms with Crippen molar-refractivity contribution in [1.29, 1.82) is 0 Å². The van der Waals surface area contributed by atoms with Crippen molar-refractivity contribution < 1.29 is 4.74 Å². The first-order chi connectivity index (χ1) is 7.38. The molecule has 0 saturated carbocycles. The zero-order chi connectivity index (χ0) is 10.9. The highest BCUT2D eigenvalue weighted by Gasteiger charge is 2.00. The van der Waals surface area contributed by atoms with Crippen LogP contribution in [0.5, 0.6) is 0 Å². The summed E-state index contributed by atoms with van der Waals surface area (Å²) in [4.78, 5) is 0. The highest BCUT2D eigenvalue weighted by atomic mass is 16.5. The minimum absolute atomic E-state index is 0.753. The number of hydrogen-bond acceptors (Lipinski definition) is 4. The molecule has 0 atom stereocenters. The highest BCUT2D eigenvalue weighted by molar-refractivity contribution is 4.84. The van der Waals surface area contributed by atoms with Crippen LogP contribution >= 0.6 is 0 Å².